The molecule has 0 spiro atoms. The van der Waals surface area contributed by atoms with Gasteiger partial charge in [-0.1, -0.05) is 44.2 Å². The Balaban J connectivity index is 1.77. The molecule has 2 aromatic rings. The molecule has 0 fully saturated rings. The largest absolute Gasteiger partial charge is 0.493 e. The lowest BCUT2D eigenvalue weighted by Crippen LogP contribution is -2.47. The molecule has 7 heteroatoms. The van der Waals surface area contributed by atoms with Gasteiger partial charge in [0.2, 0.25) is 10.0 Å². The molecular weight excluding hydrogens is 388 g/mol. The lowest BCUT2D eigenvalue weighted by molar-refractivity contribution is 0.116. The summed E-state index contributed by atoms with van der Waals surface area (Å²) in [6, 6.07) is 14.1. The van der Waals surface area contributed by atoms with E-state index >= 15 is 0 Å². The predicted molar refractivity (Wildman–Crippen MR) is 113 cm³/mol. The van der Waals surface area contributed by atoms with Crippen molar-refractivity contribution in [2.24, 2.45) is 11.7 Å². The van der Waals surface area contributed by atoms with Gasteiger partial charge in [0.15, 0.2) is 0 Å². The molecule has 0 saturated carbocycles. The smallest absolute Gasteiger partial charge is 0.243 e. The number of hydrogen-bond donors (Lipinski definition) is 2. The number of hydrogen-bond acceptors (Lipinski definition) is 5. The maximum Gasteiger partial charge on any atom is 0.243 e. The van der Waals surface area contributed by atoms with E-state index in [0.717, 1.165) is 16.9 Å². The van der Waals surface area contributed by atoms with Crippen LogP contribution in [0, 0.1) is 5.92 Å². The van der Waals surface area contributed by atoms with E-state index in [1.54, 1.807) is 18.2 Å². The molecule has 1 heterocycles. The highest BCUT2D eigenvalue weighted by Gasteiger charge is 2.30. The lowest BCUT2D eigenvalue weighted by atomic mass is 10.0. The molecule has 0 unspecified atom stereocenters. The maximum absolute atomic E-state index is 13.3. The molecule has 0 aliphatic carbocycles. The molecule has 0 radical (unpaired) electrons. The molecule has 2 atom stereocenters. The van der Waals surface area contributed by atoms with Gasteiger partial charge in [-0.25, -0.2) is 8.42 Å². The van der Waals surface area contributed by atoms with Crippen LogP contribution in [0.5, 0.6) is 5.75 Å². The highest BCUT2D eigenvalue weighted by atomic mass is 32.2. The molecule has 2 aromatic carbocycles. The molecular formula is C22H30N2O4S. The molecule has 29 heavy (non-hydrogen) atoms. The predicted octanol–water partition coefficient (Wildman–Crippen LogP) is 2.20. The highest BCUT2D eigenvalue weighted by molar-refractivity contribution is 7.89. The van der Waals surface area contributed by atoms with Crippen molar-refractivity contribution in [1.82, 2.24) is 4.31 Å². The van der Waals surface area contributed by atoms with Gasteiger partial charge in [0.05, 0.1) is 17.6 Å². The fourth-order valence-corrected chi connectivity index (χ4v) is 5.19. The molecule has 6 nitrogen and oxygen atoms in total. The van der Waals surface area contributed by atoms with Crippen molar-refractivity contribution >= 4 is 10.0 Å². The number of aliphatic hydroxyl groups excluding tert-OH is 1. The highest BCUT2D eigenvalue weighted by Crippen LogP contribution is 2.29. The second-order valence-corrected chi connectivity index (χ2v) is 9.94. The van der Waals surface area contributed by atoms with Crippen LogP contribution in [0.15, 0.2) is 53.4 Å². The molecule has 3 rings (SSSR count). The molecule has 0 saturated heterocycles. The van der Waals surface area contributed by atoms with Gasteiger partial charge in [0.25, 0.3) is 0 Å². The van der Waals surface area contributed by atoms with Crippen LogP contribution in [0.1, 0.15) is 25.0 Å². The topological polar surface area (TPSA) is 92.9 Å². The lowest BCUT2D eigenvalue weighted by Gasteiger charge is -2.29. The van der Waals surface area contributed by atoms with Crippen molar-refractivity contribution < 1.29 is 18.3 Å². The molecule has 0 amide bonds. The van der Waals surface area contributed by atoms with Crippen LogP contribution in [0.25, 0.3) is 0 Å². The first kappa shape index (κ1) is 21.8. The Labute approximate surface area is 173 Å². The van der Waals surface area contributed by atoms with E-state index in [1.165, 1.54) is 4.31 Å². The Morgan fingerprint density at radius 2 is 1.86 bits per heavy atom. The first-order valence-corrected chi connectivity index (χ1v) is 11.4. The third-order valence-electron chi connectivity index (χ3n) is 5.07. The van der Waals surface area contributed by atoms with Crippen molar-refractivity contribution in [3.8, 4) is 5.75 Å². The van der Waals surface area contributed by atoms with E-state index < -0.39 is 22.2 Å². The quantitative estimate of drug-likeness (QED) is 0.651. The Hall–Kier alpha value is -1.93. The summed E-state index contributed by atoms with van der Waals surface area (Å²) in [4.78, 5) is 0.228. The summed E-state index contributed by atoms with van der Waals surface area (Å²) >= 11 is 0. The summed E-state index contributed by atoms with van der Waals surface area (Å²) in [6.45, 7) is 4.75. The summed E-state index contributed by atoms with van der Waals surface area (Å²) in [6.07, 6.45) is 0.211. The van der Waals surface area contributed by atoms with Crippen LogP contribution in [0.3, 0.4) is 0 Å². The van der Waals surface area contributed by atoms with Crippen LogP contribution in [-0.2, 0) is 22.9 Å². The average Bonchev–Trinajstić information content (AvgIpc) is 3.15. The number of aliphatic hydroxyl groups is 1. The van der Waals surface area contributed by atoms with Crippen molar-refractivity contribution in [2.45, 2.75) is 43.7 Å². The Morgan fingerprint density at radius 3 is 2.55 bits per heavy atom. The maximum atomic E-state index is 13.3. The van der Waals surface area contributed by atoms with E-state index in [2.05, 4.69) is 0 Å². The fourth-order valence-electron chi connectivity index (χ4n) is 3.52. The van der Waals surface area contributed by atoms with Gasteiger partial charge in [-0.2, -0.15) is 4.31 Å². The van der Waals surface area contributed by atoms with E-state index in [9.17, 15) is 13.5 Å². The van der Waals surface area contributed by atoms with Gasteiger partial charge in [0, 0.05) is 25.6 Å². The van der Waals surface area contributed by atoms with Gasteiger partial charge in [-0.05, 0) is 41.7 Å². The van der Waals surface area contributed by atoms with Crippen molar-refractivity contribution in [2.75, 3.05) is 19.7 Å². The van der Waals surface area contributed by atoms with Crippen molar-refractivity contribution in [1.29, 1.82) is 0 Å². The summed E-state index contributed by atoms with van der Waals surface area (Å²) < 4.78 is 33.5. The summed E-state index contributed by atoms with van der Waals surface area (Å²) in [5, 5.41) is 10.7. The molecule has 0 aromatic heterocycles. The Morgan fingerprint density at radius 1 is 1.14 bits per heavy atom. The van der Waals surface area contributed by atoms with E-state index in [4.69, 9.17) is 10.5 Å². The average molecular weight is 419 g/mol. The zero-order valence-corrected chi connectivity index (χ0v) is 17.8. The standard InChI is InChI=1S/C22H30N2O4S/c1-16(2)14-24(15-21(25)20(23)12-17-6-4-3-5-7-17)29(26,27)19-8-9-22-18(13-19)10-11-28-22/h3-9,13,16,20-21,25H,10-12,14-15,23H2,1-2H3/t20-,21+/m0/s1. The monoisotopic (exact) mass is 418 g/mol. The SMILES string of the molecule is CC(C)CN(C[C@@H](O)[C@@H](N)Cc1ccccc1)S(=O)(=O)c1ccc2c(c1)CCO2. The number of nitrogens with zero attached hydrogens (tertiary/aromatic N) is 1. The number of ether oxygens (including phenoxy) is 1. The molecule has 158 valence electrons. The number of rotatable bonds is 9. The van der Waals surface area contributed by atoms with Crippen molar-refractivity contribution in [3.05, 3.63) is 59.7 Å². The zero-order chi connectivity index (χ0) is 21.0. The first-order valence-electron chi connectivity index (χ1n) is 10.0. The van der Waals surface area contributed by atoms with Crippen LogP contribution in [-0.4, -0.2) is 49.7 Å². The number of nitrogens with two attached hydrogens (primary N) is 1. The van der Waals surface area contributed by atoms with Gasteiger partial charge >= 0.3 is 0 Å². The van der Waals surface area contributed by atoms with Crippen molar-refractivity contribution in [3.63, 3.8) is 0 Å². The third kappa shape index (κ3) is 5.36. The second kappa shape index (κ2) is 9.26. The Bertz CT molecular complexity index is 916. The Kier molecular flexibility index (Phi) is 6.95. The van der Waals surface area contributed by atoms with Gasteiger partial charge in [-0.15, -0.1) is 0 Å². The summed E-state index contributed by atoms with van der Waals surface area (Å²) in [5.41, 5.74) is 8.11. The zero-order valence-electron chi connectivity index (χ0n) is 17.0. The van der Waals surface area contributed by atoms with E-state index in [-0.39, 0.29) is 17.4 Å². The number of benzene rings is 2. The van der Waals surface area contributed by atoms with E-state index in [1.807, 2.05) is 44.2 Å². The summed E-state index contributed by atoms with van der Waals surface area (Å²) in [7, 11) is -3.76. The van der Waals surface area contributed by atoms with Crippen LogP contribution in [0.4, 0.5) is 0 Å². The number of fused-ring (bicyclic) bond motifs is 1. The van der Waals surface area contributed by atoms with Crippen LogP contribution >= 0.6 is 0 Å². The third-order valence-corrected chi connectivity index (χ3v) is 6.89. The number of sulfonamides is 1. The van der Waals surface area contributed by atoms with Crippen LogP contribution in [0.2, 0.25) is 0 Å². The van der Waals surface area contributed by atoms with Crippen LogP contribution < -0.4 is 10.5 Å². The minimum atomic E-state index is -3.76. The van der Waals surface area contributed by atoms with Gasteiger partial charge in [-0.3, -0.25) is 0 Å². The molecule has 0 bridgehead atoms. The second-order valence-electron chi connectivity index (χ2n) is 8.00. The van der Waals surface area contributed by atoms with Gasteiger partial charge in [0.1, 0.15) is 5.75 Å². The molecule has 3 N–H and O–H groups in total. The van der Waals surface area contributed by atoms with Gasteiger partial charge < -0.3 is 15.6 Å². The fraction of sp³-hybridized carbons (Fsp3) is 0.455. The normalized spacial score (nSPS) is 15.9. The molecule has 1 aliphatic heterocycles. The first-order chi connectivity index (χ1) is 13.8. The van der Waals surface area contributed by atoms with E-state index in [0.29, 0.717) is 26.0 Å². The summed E-state index contributed by atoms with van der Waals surface area (Å²) in [5.74, 6) is 0.851. The minimum Gasteiger partial charge on any atom is -0.493 e. The minimum absolute atomic E-state index is 0.0396. The molecule has 1 aliphatic rings.